The van der Waals surface area contributed by atoms with E-state index in [1.54, 1.807) is 29.4 Å². The predicted molar refractivity (Wildman–Crippen MR) is 116 cm³/mol. The molecule has 0 saturated carbocycles. The summed E-state index contributed by atoms with van der Waals surface area (Å²) >= 11 is 1.57. The number of hydrogen-bond acceptors (Lipinski definition) is 6. The Labute approximate surface area is 178 Å². The Hall–Kier alpha value is -3.13. The first-order chi connectivity index (χ1) is 14.5. The van der Waals surface area contributed by atoms with Crippen molar-refractivity contribution < 1.29 is 14.3 Å². The molecule has 0 spiro atoms. The minimum atomic E-state index is -0.608. The number of carbonyl (C=O) groups excluding carboxylic acids is 1. The van der Waals surface area contributed by atoms with Crippen molar-refractivity contribution in [1.82, 2.24) is 9.97 Å². The van der Waals surface area contributed by atoms with Gasteiger partial charge in [-0.3, -0.25) is 14.5 Å². The first-order valence-electron chi connectivity index (χ1n) is 9.85. The van der Waals surface area contributed by atoms with Gasteiger partial charge in [0.1, 0.15) is 5.75 Å². The van der Waals surface area contributed by atoms with Gasteiger partial charge in [-0.05, 0) is 38.5 Å². The number of H-pyrrole nitrogens is 1. The lowest BCUT2D eigenvalue weighted by Gasteiger charge is -2.33. The number of ether oxygens (including phenoxy) is 2. The maximum Gasteiger partial charge on any atom is 0.268 e. The van der Waals surface area contributed by atoms with E-state index in [9.17, 15) is 9.59 Å². The van der Waals surface area contributed by atoms with E-state index < -0.39 is 6.10 Å². The molecule has 3 aromatic rings. The van der Waals surface area contributed by atoms with Crippen LogP contribution in [0.4, 0.5) is 5.69 Å². The fraction of sp³-hybridized carbons (Fsp3) is 0.318. The van der Waals surface area contributed by atoms with Crippen LogP contribution in [0.15, 0.2) is 40.6 Å². The summed E-state index contributed by atoms with van der Waals surface area (Å²) in [6.45, 7) is 6.36. The molecule has 30 heavy (non-hydrogen) atoms. The Balaban J connectivity index is 1.67. The molecule has 1 aromatic carbocycles. The SMILES string of the molecule is CCCOc1c[nH]c(CN2C(=O)C(C)Oc3ccc(-c4csc(C)n4)cc32)cc1=O. The third-order valence-electron chi connectivity index (χ3n) is 4.81. The van der Waals surface area contributed by atoms with Crippen LogP contribution in [0.2, 0.25) is 0 Å². The van der Waals surface area contributed by atoms with Gasteiger partial charge in [0.2, 0.25) is 5.43 Å². The number of amides is 1. The lowest BCUT2D eigenvalue weighted by atomic mass is 10.1. The zero-order valence-electron chi connectivity index (χ0n) is 17.1. The lowest BCUT2D eigenvalue weighted by molar-refractivity contribution is -0.125. The van der Waals surface area contributed by atoms with Gasteiger partial charge in [-0.1, -0.05) is 6.92 Å². The molecular weight excluding hydrogens is 402 g/mol. The molecule has 0 radical (unpaired) electrons. The number of aromatic nitrogens is 2. The topological polar surface area (TPSA) is 84.5 Å². The van der Waals surface area contributed by atoms with Crippen LogP contribution in [-0.4, -0.2) is 28.6 Å². The molecule has 1 atom stereocenters. The Bertz CT molecular complexity index is 1140. The van der Waals surface area contributed by atoms with Crippen LogP contribution in [-0.2, 0) is 11.3 Å². The normalized spacial score (nSPS) is 15.6. The minimum absolute atomic E-state index is 0.165. The van der Waals surface area contributed by atoms with Crippen LogP contribution in [0.1, 0.15) is 31.0 Å². The maximum atomic E-state index is 12.9. The summed E-state index contributed by atoms with van der Waals surface area (Å²) in [5.74, 6) is 0.744. The van der Waals surface area contributed by atoms with Crippen molar-refractivity contribution in [2.45, 2.75) is 39.8 Å². The fourth-order valence-electron chi connectivity index (χ4n) is 3.31. The van der Waals surface area contributed by atoms with Crippen LogP contribution in [0.25, 0.3) is 11.3 Å². The molecule has 2 aromatic heterocycles. The van der Waals surface area contributed by atoms with Crippen molar-refractivity contribution in [2.75, 3.05) is 11.5 Å². The van der Waals surface area contributed by atoms with Gasteiger partial charge in [-0.25, -0.2) is 4.98 Å². The quantitative estimate of drug-likeness (QED) is 0.647. The molecule has 1 aliphatic heterocycles. The van der Waals surface area contributed by atoms with Crippen molar-refractivity contribution in [3.63, 3.8) is 0 Å². The number of aromatic amines is 1. The number of pyridine rings is 1. The molecule has 1 amide bonds. The number of fused-ring (bicyclic) bond motifs is 1. The lowest BCUT2D eigenvalue weighted by Crippen LogP contribution is -2.44. The van der Waals surface area contributed by atoms with Gasteiger partial charge in [0.05, 0.1) is 29.5 Å². The number of thiazole rings is 1. The number of nitrogens with zero attached hydrogens (tertiary/aromatic N) is 2. The monoisotopic (exact) mass is 425 g/mol. The Kier molecular flexibility index (Phi) is 5.59. The summed E-state index contributed by atoms with van der Waals surface area (Å²) in [4.78, 5) is 34.5. The van der Waals surface area contributed by atoms with Gasteiger partial charge in [0.15, 0.2) is 11.9 Å². The summed E-state index contributed by atoms with van der Waals surface area (Å²) in [7, 11) is 0. The Morgan fingerprint density at radius 2 is 2.13 bits per heavy atom. The van der Waals surface area contributed by atoms with Gasteiger partial charge in [0.25, 0.3) is 5.91 Å². The minimum Gasteiger partial charge on any atom is -0.488 e. The highest BCUT2D eigenvalue weighted by molar-refractivity contribution is 7.09. The van der Waals surface area contributed by atoms with E-state index in [0.29, 0.717) is 23.7 Å². The molecule has 0 aliphatic carbocycles. The van der Waals surface area contributed by atoms with E-state index in [0.717, 1.165) is 22.7 Å². The number of carbonyl (C=O) groups is 1. The summed E-state index contributed by atoms with van der Waals surface area (Å²) in [6.07, 6.45) is 1.76. The number of nitrogens with one attached hydrogen (secondary N) is 1. The molecule has 3 heterocycles. The summed E-state index contributed by atoms with van der Waals surface area (Å²) in [5.41, 5.74) is 2.83. The molecule has 1 aliphatic rings. The zero-order chi connectivity index (χ0) is 21.3. The fourth-order valence-corrected chi connectivity index (χ4v) is 3.93. The second-order valence-corrected chi connectivity index (χ2v) is 8.22. The highest BCUT2D eigenvalue weighted by Crippen LogP contribution is 2.38. The summed E-state index contributed by atoms with van der Waals surface area (Å²) in [6, 6.07) is 7.19. The molecule has 8 heteroatoms. The van der Waals surface area contributed by atoms with Crippen molar-refractivity contribution >= 4 is 22.9 Å². The Morgan fingerprint density at radius 1 is 1.30 bits per heavy atom. The Morgan fingerprint density at radius 3 is 2.83 bits per heavy atom. The first kappa shape index (κ1) is 20.2. The molecule has 0 saturated heterocycles. The average Bonchev–Trinajstić information content (AvgIpc) is 3.17. The second-order valence-electron chi connectivity index (χ2n) is 7.15. The molecule has 1 N–H and O–H groups in total. The van der Waals surface area contributed by atoms with Gasteiger partial charge in [-0.2, -0.15) is 0 Å². The highest BCUT2D eigenvalue weighted by Gasteiger charge is 2.32. The van der Waals surface area contributed by atoms with E-state index in [1.165, 1.54) is 6.07 Å². The number of rotatable bonds is 6. The predicted octanol–water partition coefficient (Wildman–Crippen LogP) is 3.91. The molecule has 4 rings (SSSR count). The van der Waals surface area contributed by atoms with E-state index >= 15 is 0 Å². The summed E-state index contributed by atoms with van der Waals surface area (Å²) < 4.78 is 11.2. The van der Waals surface area contributed by atoms with E-state index in [-0.39, 0.29) is 23.6 Å². The molecule has 1 unspecified atom stereocenters. The number of anilines is 1. The summed E-state index contributed by atoms with van der Waals surface area (Å²) in [5, 5.41) is 2.96. The van der Waals surface area contributed by atoms with Crippen molar-refractivity contribution in [2.24, 2.45) is 0 Å². The standard InChI is InChI=1S/C22H23N3O4S/c1-4-7-28-21-10-23-16(9-19(21)26)11-25-18-8-15(17-12-30-14(3)24-17)5-6-20(18)29-13(2)22(25)27/h5-6,8-10,12-13H,4,7,11H2,1-3H3,(H,23,26). The number of aryl methyl sites for hydroxylation is 1. The first-order valence-corrected chi connectivity index (χ1v) is 10.7. The highest BCUT2D eigenvalue weighted by atomic mass is 32.1. The number of hydrogen-bond donors (Lipinski definition) is 1. The average molecular weight is 426 g/mol. The van der Waals surface area contributed by atoms with Gasteiger partial charge < -0.3 is 14.5 Å². The number of benzene rings is 1. The molecule has 7 nitrogen and oxygen atoms in total. The molecule has 0 bridgehead atoms. The van der Waals surface area contributed by atoms with Crippen LogP contribution in [0.5, 0.6) is 11.5 Å². The molecule has 0 fully saturated rings. The third kappa shape index (κ3) is 3.95. The third-order valence-corrected chi connectivity index (χ3v) is 5.58. The van der Waals surface area contributed by atoms with Crippen LogP contribution >= 0.6 is 11.3 Å². The van der Waals surface area contributed by atoms with Crippen LogP contribution in [0, 0.1) is 6.92 Å². The largest absolute Gasteiger partial charge is 0.488 e. The van der Waals surface area contributed by atoms with Crippen LogP contribution in [0.3, 0.4) is 0 Å². The molecule has 156 valence electrons. The molecular formula is C22H23N3O4S. The zero-order valence-corrected chi connectivity index (χ0v) is 17.9. The van der Waals surface area contributed by atoms with Crippen molar-refractivity contribution in [3.8, 4) is 22.8 Å². The van der Waals surface area contributed by atoms with Crippen molar-refractivity contribution in [3.05, 3.63) is 56.8 Å². The van der Waals surface area contributed by atoms with Gasteiger partial charge in [-0.15, -0.1) is 11.3 Å². The van der Waals surface area contributed by atoms with Crippen LogP contribution < -0.4 is 19.8 Å². The smallest absolute Gasteiger partial charge is 0.268 e. The maximum absolute atomic E-state index is 12.9. The van der Waals surface area contributed by atoms with E-state index in [4.69, 9.17) is 9.47 Å². The van der Waals surface area contributed by atoms with Gasteiger partial charge in [0, 0.05) is 28.9 Å². The van der Waals surface area contributed by atoms with E-state index in [1.807, 2.05) is 37.4 Å². The van der Waals surface area contributed by atoms with Gasteiger partial charge >= 0.3 is 0 Å². The van der Waals surface area contributed by atoms with Crippen molar-refractivity contribution in [1.29, 1.82) is 0 Å². The second kappa shape index (κ2) is 8.31. The van der Waals surface area contributed by atoms with E-state index in [2.05, 4.69) is 9.97 Å².